The van der Waals surface area contributed by atoms with Gasteiger partial charge in [-0.2, -0.15) is 10.4 Å². The van der Waals surface area contributed by atoms with E-state index in [2.05, 4.69) is 53.8 Å². The van der Waals surface area contributed by atoms with Gasteiger partial charge in [-0.15, -0.1) is 0 Å². The van der Waals surface area contributed by atoms with E-state index in [-0.39, 0.29) is 17.6 Å². The second-order valence-corrected chi connectivity index (χ2v) is 7.56. The molecule has 6 nitrogen and oxygen atoms in total. The lowest BCUT2D eigenvalue weighted by Gasteiger charge is -2.36. The summed E-state index contributed by atoms with van der Waals surface area (Å²) in [5.41, 5.74) is 1.80. The zero-order valence-electron chi connectivity index (χ0n) is 15.3. The van der Waals surface area contributed by atoms with E-state index in [1.807, 2.05) is 24.3 Å². The molecule has 25 heavy (non-hydrogen) atoms. The molecule has 2 heterocycles. The lowest BCUT2D eigenvalue weighted by Crippen LogP contribution is -2.40. The van der Waals surface area contributed by atoms with Crippen LogP contribution in [0.1, 0.15) is 62.6 Å². The van der Waals surface area contributed by atoms with Gasteiger partial charge in [0.1, 0.15) is 6.10 Å². The monoisotopic (exact) mass is 339 g/mol. The maximum atomic E-state index is 8.94. The van der Waals surface area contributed by atoms with Crippen LogP contribution < -0.4 is 0 Å². The molecule has 1 aliphatic rings. The van der Waals surface area contributed by atoms with Crippen molar-refractivity contribution in [2.75, 3.05) is 19.7 Å². The topological polar surface area (TPSA) is 77.8 Å². The Morgan fingerprint density at radius 1 is 1.32 bits per heavy atom. The number of H-pyrrole nitrogens is 1. The molecule has 0 bridgehead atoms. The van der Waals surface area contributed by atoms with Gasteiger partial charge in [-0.25, -0.2) is 4.98 Å². The third-order valence-corrected chi connectivity index (χ3v) is 4.65. The first-order valence-electron chi connectivity index (χ1n) is 8.67. The summed E-state index contributed by atoms with van der Waals surface area (Å²) in [5.74, 6) is 1.60. The number of nitrogens with zero attached hydrogens (tertiary/aromatic N) is 4. The number of aromatic nitrogens is 3. The van der Waals surface area contributed by atoms with Crippen LogP contribution in [0, 0.1) is 11.3 Å². The van der Waals surface area contributed by atoms with Gasteiger partial charge in [0.15, 0.2) is 11.6 Å². The average Bonchev–Trinajstić information content (AvgIpc) is 3.12. The summed E-state index contributed by atoms with van der Waals surface area (Å²) >= 11 is 0. The van der Waals surface area contributed by atoms with Crippen molar-refractivity contribution in [3.63, 3.8) is 0 Å². The minimum absolute atomic E-state index is 0.0844. The lowest BCUT2D eigenvalue weighted by atomic mass is 9.96. The van der Waals surface area contributed by atoms with E-state index in [4.69, 9.17) is 10.00 Å². The fraction of sp³-hybridized carbons (Fsp3) is 0.526. The SMILES string of the molecule is C[C@@H](c1ccc(C#N)cc1)N1CCO[C@@H](c2nc(C(C)(C)C)n[nH]2)C1. The molecule has 1 aliphatic heterocycles. The predicted molar refractivity (Wildman–Crippen MR) is 94.9 cm³/mol. The molecule has 2 atom stereocenters. The molecule has 0 aliphatic carbocycles. The van der Waals surface area contributed by atoms with E-state index in [0.717, 1.165) is 24.7 Å². The first-order valence-corrected chi connectivity index (χ1v) is 8.67. The number of nitriles is 1. The highest BCUT2D eigenvalue weighted by atomic mass is 16.5. The molecule has 1 saturated heterocycles. The van der Waals surface area contributed by atoms with Crippen molar-refractivity contribution in [3.05, 3.63) is 47.0 Å². The summed E-state index contributed by atoms with van der Waals surface area (Å²) in [6.07, 6.45) is -0.0989. The molecular weight excluding hydrogens is 314 g/mol. The molecular formula is C19H25N5O. The van der Waals surface area contributed by atoms with E-state index in [1.54, 1.807) is 0 Å². The Morgan fingerprint density at radius 3 is 2.64 bits per heavy atom. The van der Waals surface area contributed by atoms with Crippen molar-refractivity contribution in [1.29, 1.82) is 5.26 Å². The molecule has 2 aromatic rings. The molecule has 1 aromatic carbocycles. The van der Waals surface area contributed by atoms with E-state index in [0.29, 0.717) is 12.2 Å². The molecule has 0 radical (unpaired) electrons. The first-order chi connectivity index (χ1) is 11.9. The van der Waals surface area contributed by atoms with E-state index >= 15 is 0 Å². The minimum atomic E-state index is -0.0989. The third kappa shape index (κ3) is 3.89. The van der Waals surface area contributed by atoms with Crippen molar-refractivity contribution in [2.45, 2.75) is 45.3 Å². The van der Waals surface area contributed by atoms with Crippen LogP contribution in [0.15, 0.2) is 24.3 Å². The molecule has 1 fully saturated rings. The molecule has 0 unspecified atom stereocenters. The van der Waals surface area contributed by atoms with Crippen LogP contribution in [0.3, 0.4) is 0 Å². The van der Waals surface area contributed by atoms with E-state index < -0.39 is 0 Å². The number of ether oxygens (including phenoxy) is 1. The van der Waals surface area contributed by atoms with Crippen LogP contribution >= 0.6 is 0 Å². The summed E-state index contributed by atoms with van der Waals surface area (Å²) in [4.78, 5) is 7.02. The number of morpholine rings is 1. The number of nitrogens with one attached hydrogen (secondary N) is 1. The average molecular weight is 339 g/mol. The fourth-order valence-corrected chi connectivity index (χ4v) is 2.99. The van der Waals surface area contributed by atoms with Gasteiger partial charge in [-0.05, 0) is 24.6 Å². The van der Waals surface area contributed by atoms with Crippen LogP contribution in [0.5, 0.6) is 0 Å². The summed E-state index contributed by atoms with van der Waals surface area (Å²) in [6, 6.07) is 10.2. The Labute approximate surface area is 148 Å². The third-order valence-electron chi connectivity index (χ3n) is 4.65. The molecule has 3 rings (SSSR count). The Morgan fingerprint density at radius 2 is 2.04 bits per heavy atom. The van der Waals surface area contributed by atoms with Crippen molar-refractivity contribution < 1.29 is 4.74 Å². The summed E-state index contributed by atoms with van der Waals surface area (Å²) in [7, 11) is 0. The number of hydrogen-bond acceptors (Lipinski definition) is 5. The van der Waals surface area contributed by atoms with Crippen LogP contribution in [0.25, 0.3) is 0 Å². The molecule has 6 heteroatoms. The van der Waals surface area contributed by atoms with Gasteiger partial charge in [0.2, 0.25) is 0 Å². The number of benzene rings is 1. The van der Waals surface area contributed by atoms with Crippen LogP contribution in [-0.2, 0) is 10.2 Å². The number of hydrogen-bond donors (Lipinski definition) is 1. The molecule has 0 spiro atoms. The Hall–Kier alpha value is -2.23. The van der Waals surface area contributed by atoms with Gasteiger partial charge in [-0.1, -0.05) is 32.9 Å². The normalized spacial score (nSPS) is 20.2. The molecule has 132 valence electrons. The van der Waals surface area contributed by atoms with E-state index in [9.17, 15) is 0 Å². The van der Waals surface area contributed by atoms with Crippen molar-refractivity contribution >= 4 is 0 Å². The second-order valence-electron chi connectivity index (χ2n) is 7.56. The van der Waals surface area contributed by atoms with Crippen LogP contribution in [0.2, 0.25) is 0 Å². The van der Waals surface area contributed by atoms with Crippen LogP contribution in [0.4, 0.5) is 0 Å². The van der Waals surface area contributed by atoms with Crippen molar-refractivity contribution in [2.24, 2.45) is 0 Å². The van der Waals surface area contributed by atoms with Crippen molar-refractivity contribution in [3.8, 4) is 6.07 Å². The standard InChI is InChI=1S/C19H25N5O/c1-13(15-7-5-14(11-20)6-8-15)24-9-10-25-16(12-24)17-21-18(23-22-17)19(2,3)4/h5-8,13,16H,9-10,12H2,1-4H3,(H,21,22,23)/t13-,16+/m0/s1. The lowest BCUT2D eigenvalue weighted by molar-refractivity contribution is -0.0470. The van der Waals surface area contributed by atoms with Gasteiger partial charge >= 0.3 is 0 Å². The summed E-state index contributed by atoms with van der Waals surface area (Å²) in [6.45, 7) is 10.8. The van der Waals surface area contributed by atoms with E-state index in [1.165, 1.54) is 5.56 Å². The van der Waals surface area contributed by atoms with Gasteiger partial charge in [0.25, 0.3) is 0 Å². The smallest absolute Gasteiger partial charge is 0.156 e. The fourth-order valence-electron chi connectivity index (χ4n) is 2.99. The maximum Gasteiger partial charge on any atom is 0.156 e. The largest absolute Gasteiger partial charge is 0.368 e. The van der Waals surface area contributed by atoms with Gasteiger partial charge in [0, 0.05) is 24.5 Å². The highest BCUT2D eigenvalue weighted by molar-refractivity contribution is 5.32. The Bertz CT molecular complexity index is 753. The molecule has 1 aromatic heterocycles. The zero-order valence-corrected chi connectivity index (χ0v) is 15.3. The molecule has 0 amide bonds. The number of aromatic amines is 1. The van der Waals surface area contributed by atoms with Crippen LogP contribution in [-0.4, -0.2) is 39.8 Å². The Balaban J connectivity index is 1.72. The predicted octanol–water partition coefficient (Wildman–Crippen LogP) is 3.11. The van der Waals surface area contributed by atoms with Crippen molar-refractivity contribution in [1.82, 2.24) is 20.1 Å². The first kappa shape index (κ1) is 17.6. The highest BCUT2D eigenvalue weighted by Gasteiger charge is 2.29. The zero-order chi connectivity index (χ0) is 18.0. The Kier molecular flexibility index (Phi) is 4.89. The second kappa shape index (κ2) is 6.95. The maximum absolute atomic E-state index is 8.94. The summed E-state index contributed by atoms with van der Waals surface area (Å²) < 4.78 is 5.92. The van der Waals surface area contributed by atoms with Gasteiger partial charge in [-0.3, -0.25) is 10.00 Å². The van der Waals surface area contributed by atoms with Gasteiger partial charge < -0.3 is 4.74 Å². The van der Waals surface area contributed by atoms with Gasteiger partial charge in [0.05, 0.1) is 18.2 Å². The number of rotatable bonds is 3. The molecule has 1 N–H and O–H groups in total. The molecule has 0 saturated carbocycles. The minimum Gasteiger partial charge on any atom is -0.368 e. The summed E-state index contributed by atoms with van der Waals surface area (Å²) in [5, 5.41) is 16.3. The quantitative estimate of drug-likeness (QED) is 0.929. The highest BCUT2D eigenvalue weighted by Crippen LogP contribution is 2.28.